The van der Waals surface area contributed by atoms with Crippen molar-refractivity contribution in [2.75, 3.05) is 0 Å². The van der Waals surface area contributed by atoms with E-state index in [4.69, 9.17) is 10.8 Å². The molecule has 1 aromatic rings. The van der Waals surface area contributed by atoms with Crippen LogP contribution in [0.25, 0.3) is 0 Å². The van der Waals surface area contributed by atoms with Crippen LogP contribution in [0.3, 0.4) is 0 Å². The van der Waals surface area contributed by atoms with E-state index >= 15 is 0 Å². The predicted octanol–water partition coefficient (Wildman–Crippen LogP) is 2.08. The maximum atomic E-state index is 12.0. The lowest BCUT2D eigenvalue weighted by Gasteiger charge is -2.28. The van der Waals surface area contributed by atoms with E-state index in [9.17, 15) is 9.59 Å². The predicted molar refractivity (Wildman–Crippen MR) is 84.9 cm³/mol. The number of nitrogens with two attached hydrogens (primary N) is 1. The molecule has 0 unspecified atom stereocenters. The first kappa shape index (κ1) is 17.7. The van der Waals surface area contributed by atoms with E-state index in [1.165, 1.54) is 0 Å². The highest BCUT2D eigenvalue weighted by atomic mass is 79.9. The average molecular weight is 357 g/mol. The quantitative estimate of drug-likeness (QED) is 0.697. The summed E-state index contributed by atoms with van der Waals surface area (Å²) < 4.78 is 1.00. The fourth-order valence-electron chi connectivity index (χ4n) is 1.99. The summed E-state index contributed by atoms with van der Waals surface area (Å²) in [6.45, 7) is 3.83. The van der Waals surface area contributed by atoms with Crippen LogP contribution in [0.4, 0.5) is 0 Å². The van der Waals surface area contributed by atoms with Crippen LogP contribution in [0.15, 0.2) is 28.7 Å². The number of benzene rings is 1. The van der Waals surface area contributed by atoms with Crippen molar-refractivity contribution >= 4 is 27.8 Å². The van der Waals surface area contributed by atoms with Gasteiger partial charge in [0, 0.05) is 16.4 Å². The zero-order chi connectivity index (χ0) is 16.0. The molecule has 0 spiro atoms. The van der Waals surface area contributed by atoms with Gasteiger partial charge in [0.1, 0.15) is 0 Å². The van der Waals surface area contributed by atoms with E-state index in [2.05, 4.69) is 21.2 Å². The molecule has 0 saturated carbocycles. The van der Waals surface area contributed by atoms with E-state index in [1.54, 1.807) is 0 Å². The fourth-order valence-corrected chi connectivity index (χ4v) is 2.26. The second-order valence-electron chi connectivity index (χ2n) is 5.72. The molecule has 0 aliphatic heterocycles. The smallest absolute Gasteiger partial charge is 0.303 e. The summed E-state index contributed by atoms with van der Waals surface area (Å²) >= 11 is 3.38. The third-order valence-electron chi connectivity index (χ3n) is 3.03. The number of hydrogen-bond acceptors (Lipinski definition) is 3. The van der Waals surface area contributed by atoms with E-state index in [0.29, 0.717) is 6.42 Å². The van der Waals surface area contributed by atoms with Gasteiger partial charge in [-0.3, -0.25) is 9.59 Å². The summed E-state index contributed by atoms with van der Waals surface area (Å²) in [5.74, 6) is -1.27. The second kappa shape index (κ2) is 7.56. The number of aliphatic carboxylic acids is 1. The van der Waals surface area contributed by atoms with E-state index in [0.717, 1.165) is 10.0 Å². The third kappa shape index (κ3) is 6.73. The van der Waals surface area contributed by atoms with Crippen LogP contribution >= 0.6 is 15.9 Å². The molecule has 0 fully saturated rings. The van der Waals surface area contributed by atoms with E-state index in [1.807, 2.05) is 38.1 Å². The molecule has 0 aromatic heterocycles. The first-order valence-electron chi connectivity index (χ1n) is 6.73. The number of hydrogen-bond donors (Lipinski definition) is 3. The molecule has 1 rings (SSSR count). The van der Waals surface area contributed by atoms with Gasteiger partial charge >= 0.3 is 5.97 Å². The van der Waals surface area contributed by atoms with Gasteiger partial charge in [-0.2, -0.15) is 0 Å². The first-order valence-corrected chi connectivity index (χ1v) is 7.53. The summed E-state index contributed by atoms with van der Waals surface area (Å²) in [6, 6.07) is 7.08. The number of carboxylic acid groups (broad SMARTS) is 1. The molecular weight excluding hydrogens is 336 g/mol. The third-order valence-corrected chi connectivity index (χ3v) is 3.56. The van der Waals surface area contributed by atoms with Gasteiger partial charge in [0.2, 0.25) is 5.91 Å². The van der Waals surface area contributed by atoms with Gasteiger partial charge in [0.25, 0.3) is 0 Å². The molecule has 0 aliphatic carbocycles. The molecule has 0 bridgehead atoms. The minimum atomic E-state index is -0.952. The van der Waals surface area contributed by atoms with Crippen molar-refractivity contribution in [1.82, 2.24) is 5.32 Å². The Labute approximate surface area is 133 Å². The summed E-state index contributed by atoms with van der Waals surface area (Å²) in [5.41, 5.74) is 6.35. The number of rotatable bonds is 7. The van der Waals surface area contributed by atoms with Crippen LogP contribution in [0.5, 0.6) is 0 Å². The fraction of sp³-hybridized carbons (Fsp3) is 0.467. The standard InChI is InChI=1S/C15H21BrN2O3/c1-15(2,9-10-3-5-11(16)6-4-10)18-14(21)12(17)7-8-13(19)20/h3-6,12H,7-9,17H2,1-2H3,(H,18,21)(H,19,20)/t12-/m0/s1. The number of carboxylic acids is 1. The Bertz CT molecular complexity index is 500. The molecule has 116 valence electrons. The monoisotopic (exact) mass is 356 g/mol. The molecular formula is C15H21BrN2O3. The van der Waals surface area contributed by atoms with Gasteiger partial charge < -0.3 is 16.2 Å². The number of halogens is 1. The van der Waals surface area contributed by atoms with Crippen LogP contribution in [-0.2, 0) is 16.0 Å². The SMILES string of the molecule is CC(C)(Cc1ccc(Br)cc1)NC(=O)[C@@H](N)CCC(=O)O. The molecule has 0 saturated heterocycles. The molecule has 0 heterocycles. The Balaban J connectivity index is 2.56. The lowest BCUT2D eigenvalue weighted by Crippen LogP contribution is -2.51. The van der Waals surface area contributed by atoms with Gasteiger partial charge in [0.05, 0.1) is 6.04 Å². The highest BCUT2D eigenvalue weighted by Crippen LogP contribution is 2.16. The van der Waals surface area contributed by atoms with Gasteiger partial charge in [-0.05, 0) is 44.4 Å². The Kier molecular flexibility index (Phi) is 6.36. The molecule has 1 atom stereocenters. The first-order chi connectivity index (χ1) is 9.69. The Morgan fingerprint density at radius 1 is 1.33 bits per heavy atom. The number of amides is 1. The summed E-state index contributed by atoms with van der Waals surface area (Å²) in [6.07, 6.45) is 0.689. The Hall–Kier alpha value is -1.40. The highest BCUT2D eigenvalue weighted by molar-refractivity contribution is 9.10. The van der Waals surface area contributed by atoms with Crippen LogP contribution in [0.1, 0.15) is 32.3 Å². The zero-order valence-corrected chi connectivity index (χ0v) is 13.8. The minimum Gasteiger partial charge on any atom is -0.481 e. The van der Waals surface area contributed by atoms with Crippen molar-refractivity contribution in [3.63, 3.8) is 0 Å². The van der Waals surface area contributed by atoms with Crippen molar-refractivity contribution in [1.29, 1.82) is 0 Å². The van der Waals surface area contributed by atoms with E-state index < -0.39 is 17.6 Å². The number of carbonyl (C=O) groups excluding carboxylic acids is 1. The van der Waals surface area contributed by atoms with Gasteiger partial charge in [-0.1, -0.05) is 28.1 Å². The molecule has 6 heteroatoms. The minimum absolute atomic E-state index is 0.109. The number of carbonyl (C=O) groups is 2. The summed E-state index contributed by atoms with van der Waals surface area (Å²) in [4.78, 5) is 22.5. The van der Waals surface area contributed by atoms with Crippen molar-refractivity contribution < 1.29 is 14.7 Å². The normalized spacial score (nSPS) is 12.8. The summed E-state index contributed by atoms with van der Waals surface area (Å²) in [7, 11) is 0. The molecule has 0 radical (unpaired) electrons. The molecule has 21 heavy (non-hydrogen) atoms. The van der Waals surface area contributed by atoms with E-state index in [-0.39, 0.29) is 18.7 Å². The molecule has 1 aromatic carbocycles. The Morgan fingerprint density at radius 2 is 1.90 bits per heavy atom. The van der Waals surface area contributed by atoms with Crippen molar-refractivity contribution in [2.24, 2.45) is 5.73 Å². The van der Waals surface area contributed by atoms with Crippen molar-refractivity contribution in [2.45, 2.75) is 44.7 Å². The lowest BCUT2D eigenvalue weighted by molar-refractivity contribution is -0.137. The maximum absolute atomic E-state index is 12.0. The molecule has 0 aliphatic rings. The van der Waals surface area contributed by atoms with Crippen molar-refractivity contribution in [3.05, 3.63) is 34.3 Å². The average Bonchev–Trinajstić information content (AvgIpc) is 2.37. The molecule has 5 nitrogen and oxygen atoms in total. The van der Waals surface area contributed by atoms with Gasteiger partial charge in [0.15, 0.2) is 0 Å². The molecule has 4 N–H and O–H groups in total. The van der Waals surface area contributed by atoms with Crippen LogP contribution in [0, 0.1) is 0 Å². The van der Waals surface area contributed by atoms with Gasteiger partial charge in [-0.15, -0.1) is 0 Å². The lowest BCUT2D eigenvalue weighted by atomic mass is 9.94. The number of nitrogens with one attached hydrogen (secondary N) is 1. The summed E-state index contributed by atoms with van der Waals surface area (Å²) in [5, 5.41) is 11.5. The van der Waals surface area contributed by atoms with Crippen LogP contribution < -0.4 is 11.1 Å². The van der Waals surface area contributed by atoms with Gasteiger partial charge in [-0.25, -0.2) is 0 Å². The zero-order valence-electron chi connectivity index (χ0n) is 12.2. The largest absolute Gasteiger partial charge is 0.481 e. The second-order valence-corrected chi connectivity index (χ2v) is 6.63. The maximum Gasteiger partial charge on any atom is 0.303 e. The molecule has 1 amide bonds. The van der Waals surface area contributed by atoms with Crippen molar-refractivity contribution in [3.8, 4) is 0 Å². The van der Waals surface area contributed by atoms with Crippen LogP contribution in [-0.4, -0.2) is 28.6 Å². The van der Waals surface area contributed by atoms with Crippen LogP contribution in [0.2, 0.25) is 0 Å². The highest BCUT2D eigenvalue weighted by Gasteiger charge is 2.24. The topological polar surface area (TPSA) is 92.4 Å². The Morgan fingerprint density at radius 3 is 2.43 bits per heavy atom.